The molecule has 0 bridgehead atoms. The second-order valence-corrected chi connectivity index (χ2v) is 30.9. The molecule has 4 aliphatic heterocycles. The molecule has 0 aliphatic carbocycles. The third-order valence-electron chi connectivity index (χ3n) is 22.7. The number of benzene rings is 15. The zero-order chi connectivity index (χ0) is 70.8. The number of furan rings is 2. The fourth-order valence-electron chi connectivity index (χ4n) is 17.7. The minimum Gasteiger partial charge on any atom is -0.458 e. The molecular weight excluding hydrogens is 1290 g/mol. The number of fused-ring (bicyclic) bond motifs is 17. The third kappa shape index (κ3) is 9.32. The molecule has 0 radical (unpaired) electrons. The van der Waals surface area contributed by atoms with E-state index in [0.717, 1.165) is 195 Å². The van der Waals surface area contributed by atoms with Crippen LogP contribution in [-0.2, 0) is 10.8 Å². The summed E-state index contributed by atoms with van der Waals surface area (Å²) in [6, 6.07) is 116. The molecule has 6 nitrogen and oxygen atoms in total. The Bertz CT molecular complexity index is 6310. The maximum absolute atomic E-state index is 8.53. The summed E-state index contributed by atoms with van der Waals surface area (Å²) in [7, 11) is 0. The van der Waals surface area contributed by atoms with Crippen molar-refractivity contribution in [1.29, 1.82) is 0 Å². The molecule has 17 aromatic rings. The van der Waals surface area contributed by atoms with Crippen LogP contribution >= 0.6 is 0 Å². The fourth-order valence-corrected chi connectivity index (χ4v) is 17.7. The van der Waals surface area contributed by atoms with Crippen molar-refractivity contribution >= 4 is 124 Å². The van der Waals surface area contributed by atoms with Gasteiger partial charge in [0.25, 0.3) is 13.4 Å². The highest BCUT2D eigenvalue weighted by molar-refractivity contribution is 7.03. The van der Waals surface area contributed by atoms with Crippen molar-refractivity contribution < 1.29 is 18.3 Å². The van der Waals surface area contributed by atoms with Crippen LogP contribution < -0.4 is 52.1 Å². The number of para-hydroxylation sites is 4. The van der Waals surface area contributed by atoms with Gasteiger partial charge in [-0.25, -0.2) is 0 Å². The lowest BCUT2D eigenvalue weighted by Crippen LogP contribution is -2.65. The molecule has 8 heteroatoms. The highest BCUT2D eigenvalue weighted by Gasteiger charge is 2.53. The van der Waals surface area contributed by atoms with E-state index in [2.05, 4.69) is 367 Å². The van der Waals surface area contributed by atoms with Crippen molar-refractivity contribution in [2.45, 2.75) is 52.4 Å². The Labute approximate surface area is 617 Å². The molecule has 0 N–H and O–H groups in total. The highest BCUT2D eigenvalue weighted by Crippen LogP contribution is 2.57. The van der Waals surface area contributed by atoms with Crippen LogP contribution in [0.15, 0.2) is 324 Å². The number of hydrogen-bond donors (Lipinski definition) is 0. The summed E-state index contributed by atoms with van der Waals surface area (Å²) in [5.74, 6) is 2.97. The molecule has 0 amide bonds. The zero-order valence-electron chi connectivity index (χ0n) is 59.7. The number of rotatable bonds is 8. The van der Waals surface area contributed by atoms with E-state index in [1.54, 1.807) is 0 Å². The van der Waals surface area contributed by atoms with E-state index in [1.807, 2.05) is 0 Å². The van der Waals surface area contributed by atoms with Gasteiger partial charge < -0.3 is 28.1 Å². The molecule has 502 valence electrons. The SMILES string of the molecule is CC(C)(C)c1ccc2c(c1)N(c1c(-c3ccccc3)cccc1-c1ccccc1)c1cc(C(C)(C)C)cc3c1B2c1c(cc2c4c1Oc1c(cc(-c5ccccc5)c5oc6ccccc6c15)B4c1cc(-c4ccccc4)c4oc5ccccc5c4c1O2)N3c1c(-c2ccccc2)cccc1-c1ccccc1. The van der Waals surface area contributed by atoms with Crippen molar-refractivity contribution in [2.24, 2.45) is 0 Å². The number of nitrogens with zero attached hydrogens (tertiary/aromatic N) is 2. The second kappa shape index (κ2) is 23.4. The molecule has 0 saturated heterocycles. The standard InChI is InChI=1S/C98H70B2N2O4/c1-97(2,3)65-51-52-75-78(53-65)101(90-67(59-31-13-7-14-32-59)45-29-46-68(90)60-33-15-8-16-34-60)79-54-66(98(4,5)6)55-80-87(79)100(75)88-81(102(80)91-69(61-35-17-9-18-36-61)47-30-48-70(91)62-37-19-10-20-38-62)58-84-89-96(88)106-95-77(57-74(64-41-23-12-24-42-64)93-86(95)72-44-26-28-50-83(72)104-93)99(89)76-56-73(63-39-21-11-22-40-63)92-85(94(76)105-84)71-43-25-27-49-82(71)103-92/h7-58H,1-6H3. The largest absolute Gasteiger partial charge is 0.458 e. The molecular formula is C98H70B2N2O4. The van der Waals surface area contributed by atoms with Crippen molar-refractivity contribution in [1.82, 2.24) is 0 Å². The lowest BCUT2D eigenvalue weighted by molar-refractivity contribution is 0.472. The molecule has 0 unspecified atom stereocenters. The van der Waals surface area contributed by atoms with E-state index in [4.69, 9.17) is 18.3 Å². The second-order valence-electron chi connectivity index (χ2n) is 30.9. The van der Waals surface area contributed by atoms with E-state index in [-0.39, 0.29) is 10.8 Å². The van der Waals surface area contributed by atoms with Crippen LogP contribution in [-0.4, -0.2) is 13.4 Å². The van der Waals surface area contributed by atoms with Gasteiger partial charge in [-0.05, 0) is 113 Å². The molecule has 21 rings (SSSR count). The minimum atomic E-state index is -0.466. The van der Waals surface area contributed by atoms with Gasteiger partial charge in [-0.2, -0.15) is 0 Å². The van der Waals surface area contributed by atoms with Crippen LogP contribution in [0.5, 0.6) is 23.0 Å². The van der Waals surface area contributed by atoms with E-state index in [9.17, 15) is 0 Å². The summed E-state index contributed by atoms with van der Waals surface area (Å²) >= 11 is 0. The number of hydrogen-bond acceptors (Lipinski definition) is 6. The summed E-state index contributed by atoms with van der Waals surface area (Å²) in [5, 5.41) is 3.79. The summed E-state index contributed by atoms with van der Waals surface area (Å²) in [6.45, 7) is 13.2. The third-order valence-corrected chi connectivity index (χ3v) is 22.7. The summed E-state index contributed by atoms with van der Waals surface area (Å²) in [6.07, 6.45) is 0. The Morgan fingerprint density at radius 1 is 0.274 bits per heavy atom. The first-order valence-electron chi connectivity index (χ1n) is 36.9. The maximum atomic E-state index is 8.53. The van der Waals surface area contributed by atoms with Gasteiger partial charge in [0.05, 0.1) is 22.1 Å². The van der Waals surface area contributed by atoms with Crippen LogP contribution in [0, 0.1) is 0 Å². The van der Waals surface area contributed by atoms with Gasteiger partial charge in [0, 0.05) is 78.4 Å². The van der Waals surface area contributed by atoms with Gasteiger partial charge in [-0.15, -0.1) is 0 Å². The number of ether oxygens (including phenoxy) is 2. The predicted molar refractivity (Wildman–Crippen MR) is 443 cm³/mol. The van der Waals surface area contributed by atoms with Gasteiger partial charge in [-0.1, -0.05) is 321 Å². The molecule has 106 heavy (non-hydrogen) atoms. The van der Waals surface area contributed by atoms with Crippen LogP contribution in [0.3, 0.4) is 0 Å². The van der Waals surface area contributed by atoms with E-state index < -0.39 is 13.4 Å². The Morgan fingerprint density at radius 2 is 0.642 bits per heavy atom. The van der Waals surface area contributed by atoms with Crippen molar-refractivity contribution in [3.8, 4) is 89.8 Å². The Kier molecular flexibility index (Phi) is 13.6. The lowest BCUT2D eigenvalue weighted by Gasteiger charge is -2.48. The van der Waals surface area contributed by atoms with Crippen molar-refractivity contribution in [3.05, 3.63) is 327 Å². The Morgan fingerprint density at radius 3 is 1.07 bits per heavy atom. The van der Waals surface area contributed by atoms with Gasteiger partial charge in [0.2, 0.25) is 0 Å². The molecule has 15 aromatic carbocycles. The van der Waals surface area contributed by atoms with Crippen molar-refractivity contribution in [2.75, 3.05) is 9.80 Å². The molecule has 0 fully saturated rings. The average molecular weight is 1360 g/mol. The van der Waals surface area contributed by atoms with Gasteiger partial charge in [-0.3, -0.25) is 0 Å². The first-order valence-corrected chi connectivity index (χ1v) is 36.9. The monoisotopic (exact) mass is 1360 g/mol. The molecule has 0 spiro atoms. The zero-order valence-corrected chi connectivity index (χ0v) is 59.7. The summed E-state index contributed by atoms with van der Waals surface area (Å²) in [4.78, 5) is 5.30. The van der Waals surface area contributed by atoms with Crippen LogP contribution in [0.4, 0.5) is 34.1 Å². The van der Waals surface area contributed by atoms with E-state index in [0.29, 0.717) is 5.75 Å². The average Bonchev–Trinajstić information content (AvgIpc) is 0.821. The van der Waals surface area contributed by atoms with Crippen molar-refractivity contribution in [3.63, 3.8) is 0 Å². The quantitative estimate of drug-likeness (QED) is 0.141. The van der Waals surface area contributed by atoms with Crippen LogP contribution in [0.25, 0.3) is 111 Å². The normalized spacial score (nSPS) is 13.3. The lowest BCUT2D eigenvalue weighted by atomic mass is 9.30. The fraction of sp³-hybridized carbons (Fsp3) is 0.0816. The minimum absolute atomic E-state index is 0.242. The first-order chi connectivity index (χ1) is 51.9. The Balaban J connectivity index is 0.972. The highest BCUT2D eigenvalue weighted by atomic mass is 16.5. The molecule has 0 saturated carbocycles. The molecule has 0 atom stereocenters. The molecule has 2 aromatic heterocycles. The van der Waals surface area contributed by atoms with E-state index >= 15 is 0 Å². The topological polar surface area (TPSA) is 51.2 Å². The van der Waals surface area contributed by atoms with Gasteiger partial charge in [0.1, 0.15) is 45.3 Å². The molecule has 6 heterocycles. The maximum Gasteiger partial charge on any atom is 0.260 e. The summed E-state index contributed by atoms with van der Waals surface area (Å²) in [5.41, 5.74) is 30.5. The van der Waals surface area contributed by atoms with Crippen LogP contribution in [0.2, 0.25) is 0 Å². The Hall–Kier alpha value is -12.8. The first kappa shape index (κ1) is 61.9. The number of anilines is 6. The molecule has 4 aliphatic rings. The predicted octanol–water partition coefficient (Wildman–Crippen LogP) is 22.9. The van der Waals surface area contributed by atoms with Gasteiger partial charge >= 0.3 is 0 Å². The van der Waals surface area contributed by atoms with E-state index in [1.165, 1.54) is 11.1 Å². The summed E-state index contributed by atoms with van der Waals surface area (Å²) < 4.78 is 31.1. The smallest absolute Gasteiger partial charge is 0.260 e. The van der Waals surface area contributed by atoms with Crippen LogP contribution in [0.1, 0.15) is 52.7 Å². The van der Waals surface area contributed by atoms with Gasteiger partial charge in [0.15, 0.2) is 0 Å².